The maximum absolute atomic E-state index is 13.9. The second kappa shape index (κ2) is 45.6. The minimum atomic E-state index is -0.975. The zero-order valence-electron chi connectivity index (χ0n) is 77.1. The summed E-state index contributed by atoms with van der Waals surface area (Å²) in [6.45, 7) is 6.61. The van der Waals surface area contributed by atoms with Gasteiger partial charge in [0.15, 0.2) is 5.82 Å². The molecule has 0 saturated carbocycles. The topological polar surface area (TPSA) is 380 Å². The molecule has 0 amide bonds. The third-order valence-electron chi connectivity index (χ3n) is 21.4. The Bertz CT molecular complexity index is 6750. The van der Waals surface area contributed by atoms with Gasteiger partial charge in [-0.15, -0.1) is 4.91 Å². The summed E-state index contributed by atoms with van der Waals surface area (Å²) in [4.78, 5) is 76.6. The summed E-state index contributed by atoms with van der Waals surface area (Å²) in [6, 6.07) is 51.0. The van der Waals surface area contributed by atoms with Gasteiger partial charge >= 0.3 is 5.69 Å². The quantitative estimate of drug-likeness (QED) is 0.00999. The number of hydrogen-bond acceptors (Lipinski definition) is 28. The van der Waals surface area contributed by atoms with Crippen LogP contribution in [0.1, 0.15) is 19.8 Å². The molecule has 0 unspecified atom stereocenters. The number of nitrogens with zero attached hydrogens (tertiary/aromatic N) is 20. The number of nitrogens with one attached hydrogen (secondary N) is 3. The van der Waals surface area contributed by atoms with Crippen molar-refractivity contribution >= 4 is 130 Å². The predicted octanol–water partition coefficient (Wildman–Crippen LogP) is 19.1. The van der Waals surface area contributed by atoms with Gasteiger partial charge in [-0.1, -0.05) is 97.7 Å². The van der Waals surface area contributed by atoms with E-state index in [2.05, 4.69) is 173 Å². The highest BCUT2D eigenvalue weighted by atomic mass is 35.5. The molecule has 0 aliphatic rings. The molecule has 8 aromatic heterocycles. The number of anilines is 10. The van der Waals surface area contributed by atoms with Crippen molar-refractivity contribution in [3.63, 3.8) is 0 Å². The number of fused-ring (bicyclic) bond motifs is 4. The molecule has 7 N–H and O–H groups in total. The van der Waals surface area contributed by atoms with Crippen LogP contribution in [0.3, 0.4) is 0 Å². The average Bonchev–Trinajstić information content (AvgIpc) is 1.19. The Morgan fingerprint density at radius 3 is 1.11 bits per heavy atom. The number of aromatic nitrogens is 12. The van der Waals surface area contributed by atoms with E-state index in [1.54, 1.807) is 31.6 Å². The summed E-state index contributed by atoms with van der Waals surface area (Å²) in [5, 5.41) is 39.8. The monoisotopic (exact) mass is 1830 g/mol. The Morgan fingerprint density at radius 1 is 0.414 bits per heavy atom. The molecule has 0 spiro atoms. The van der Waals surface area contributed by atoms with Crippen molar-refractivity contribution in [1.29, 1.82) is 0 Å². The van der Waals surface area contributed by atoms with Crippen molar-refractivity contribution in [2.45, 2.75) is 19.8 Å². The van der Waals surface area contributed by atoms with Gasteiger partial charge in [-0.2, -0.15) is 4.39 Å². The lowest BCUT2D eigenvalue weighted by atomic mass is 10.1. The van der Waals surface area contributed by atoms with Crippen LogP contribution < -0.4 is 56.2 Å². The number of para-hydroxylation sites is 4. The summed E-state index contributed by atoms with van der Waals surface area (Å²) >= 11 is 5.89. The van der Waals surface area contributed by atoms with Crippen LogP contribution in [0, 0.1) is 36.8 Å². The van der Waals surface area contributed by atoms with Gasteiger partial charge in [-0.25, -0.2) is 44.3 Å². The van der Waals surface area contributed by atoms with Gasteiger partial charge in [-0.05, 0) is 96.8 Å². The van der Waals surface area contributed by atoms with E-state index in [4.69, 9.17) is 42.0 Å². The number of rotatable bonds is 28. The van der Waals surface area contributed by atoms with Crippen molar-refractivity contribution < 1.29 is 37.6 Å². The SMILES string of the molecule is CCCCN(C)C.COc1cc(F)c(N=O)cc1N.COc1cc(F)c([N+](=O)[O-])cc1Nc1cc(-c2cn(C)c3ccccc23)ncn1.COc1cc(N(C)CCN(C)C)c(N)cc1Nc1cc(-c2cn(C)c3ccccc23)ncn1.COc1cc(N(C)CCN(C)C)c([N+](=O)[O-])cc1Nc1cc(-c2cn(C)c3ccccc23)ncn1.Cn1cc(-c2cc(Cl)ncn2)c2ccccc21. The van der Waals surface area contributed by atoms with Crippen LogP contribution in [0.5, 0.6) is 23.0 Å². The van der Waals surface area contributed by atoms with Gasteiger partial charge in [0, 0.05) is 220 Å². The van der Waals surface area contributed by atoms with Gasteiger partial charge in [0.2, 0.25) is 5.82 Å². The highest BCUT2D eigenvalue weighted by Gasteiger charge is 2.25. The summed E-state index contributed by atoms with van der Waals surface area (Å²) in [6.07, 6.45) is 16.7. The second-order valence-corrected chi connectivity index (χ2v) is 32.0. The maximum Gasteiger partial charge on any atom is 0.307 e. The predicted molar refractivity (Wildman–Crippen MR) is 527 cm³/mol. The van der Waals surface area contributed by atoms with E-state index < -0.39 is 22.2 Å². The lowest BCUT2D eigenvalue weighted by Gasteiger charge is -2.24. The molecule has 0 fully saturated rings. The molecule has 34 nitrogen and oxygen atoms in total. The highest BCUT2D eigenvalue weighted by molar-refractivity contribution is 6.29. The standard InChI is InChI=1S/C25H29N7O3.C25H31N7O.C20H16FN5O3.C13H10ClN3.C7H7FN2O2.C6H15N/c1-29(2)10-11-30(3)22-14-24(35-5)20(12-23(22)32(33)34)28-25-13-19(26-16-27-25)18-15-31(4)21-9-7-6-8-17(18)21;1-30(2)10-11-31(3)23-14-24(33-5)21(12-19(23)26)29-25-13-20(27-16-28-25)18-15-32(4)22-9-7-6-8-17(18)22;1-25-10-13(12-5-3-4-6-17(12)25)15-9-20(23-11-22-15)24-16-8-18(26(27)28)14(21)7-19(16)29-2;1-17-7-10(9-4-2-3-5-12(9)17)11-6-13(14)16-8-15-11;1-12-7-2-4(8)6(10-11)3-5(7)9;1-4-5-6-7(2)3/h6-9,12-16H,10-11H2,1-5H3,(H,26,27,28);6-9,12-16H,10-11,26H2,1-5H3,(H,27,28,29);3-11H,1-2H3,(H,22,23,24);2-8H,1H3;2-3H,9H2,1H3;4-6H2,1-3H3. The first-order valence-corrected chi connectivity index (χ1v) is 42.3. The molecular weight excluding hydrogens is 1720 g/mol. The first-order chi connectivity index (χ1) is 63.8. The maximum atomic E-state index is 13.9. The van der Waals surface area contributed by atoms with Crippen LogP contribution in [0.4, 0.5) is 83.1 Å². The number of ether oxygens (including phenoxy) is 4. The van der Waals surface area contributed by atoms with Gasteiger partial charge < -0.3 is 89.1 Å². The van der Waals surface area contributed by atoms with Gasteiger partial charge in [0.25, 0.3) is 5.69 Å². The molecule has 16 rings (SSSR count). The molecule has 133 heavy (non-hydrogen) atoms. The molecule has 0 radical (unpaired) electrons. The van der Waals surface area contributed by atoms with E-state index >= 15 is 0 Å². The Morgan fingerprint density at radius 2 is 0.752 bits per heavy atom. The molecule has 37 heteroatoms. The van der Waals surface area contributed by atoms with E-state index in [9.17, 15) is 33.9 Å². The first-order valence-electron chi connectivity index (χ1n) is 42.0. The molecule has 0 atom stereocenters. The number of halogens is 3. The van der Waals surface area contributed by atoms with Crippen LogP contribution in [-0.4, -0.2) is 200 Å². The number of aryl methyl sites for hydroxylation is 4. The first kappa shape index (κ1) is 98.1. The lowest BCUT2D eigenvalue weighted by molar-refractivity contribution is -0.387. The number of nitroso groups, excluding NO2 is 1. The fourth-order valence-electron chi connectivity index (χ4n) is 14.4. The zero-order chi connectivity index (χ0) is 95.9. The number of benzene rings is 8. The molecule has 0 aliphatic heterocycles. The van der Waals surface area contributed by atoms with Crippen LogP contribution in [-0.2, 0) is 28.2 Å². The van der Waals surface area contributed by atoms with Crippen LogP contribution >= 0.6 is 11.6 Å². The fourth-order valence-corrected chi connectivity index (χ4v) is 14.6. The van der Waals surface area contributed by atoms with E-state index in [-0.39, 0.29) is 39.2 Å². The number of likely N-dealkylation sites (N-methyl/N-ethyl adjacent to an activating group) is 4. The summed E-state index contributed by atoms with van der Waals surface area (Å²) in [5.74, 6) is 1.34. The third-order valence-corrected chi connectivity index (χ3v) is 21.6. The number of nitrogen functional groups attached to an aromatic ring is 2. The number of nitro benzene ring substituents is 2. The molecule has 8 heterocycles. The summed E-state index contributed by atoms with van der Waals surface area (Å²) < 4.78 is 56.0. The normalized spacial score (nSPS) is 10.9. The Kier molecular flexibility index (Phi) is 33.7. The van der Waals surface area contributed by atoms with Gasteiger partial charge in [0.1, 0.15) is 82.3 Å². The van der Waals surface area contributed by atoms with E-state index in [1.807, 2.05) is 168 Å². The molecular formula is C96H108ClF2N25O9. The number of nitrogens with two attached hydrogens (primary N) is 2. The molecule has 8 aromatic carbocycles. The number of unbranched alkanes of at least 4 members (excludes halogenated alkanes) is 1. The molecule has 0 aliphatic carbocycles. The Hall–Kier alpha value is -15.5. The van der Waals surface area contributed by atoms with E-state index in [0.29, 0.717) is 63.4 Å². The Balaban J connectivity index is 0.000000163. The van der Waals surface area contributed by atoms with E-state index in [1.165, 1.54) is 76.7 Å². The second-order valence-electron chi connectivity index (χ2n) is 31.6. The minimum absolute atomic E-state index is 0.0158. The van der Waals surface area contributed by atoms with Crippen molar-refractivity contribution in [1.82, 2.24) is 72.8 Å². The van der Waals surface area contributed by atoms with Crippen molar-refractivity contribution in [3.05, 3.63) is 262 Å². The van der Waals surface area contributed by atoms with E-state index in [0.717, 1.165) is 127 Å². The van der Waals surface area contributed by atoms with Crippen molar-refractivity contribution in [2.75, 3.05) is 155 Å². The van der Waals surface area contributed by atoms with Crippen molar-refractivity contribution in [3.8, 4) is 68.0 Å². The van der Waals surface area contributed by atoms with Crippen LogP contribution in [0.15, 0.2) is 225 Å². The zero-order valence-corrected chi connectivity index (χ0v) is 77.9. The lowest BCUT2D eigenvalue weighted by Crippen LogP contribution is -2.29. The number of hydrogen-bond donors (Lipinski definition) is 5. The largest absolute Gasteiger partial charge is 0.494 e. The van der Waals surface area contributed by atoms with Gasteiger partial charge in [-0.3, -0.25) is 20.2 Å². The van der Waals surface area contributed by atoms with Crippen LogP contribution in [0.25, 0.3) is 88.6 Å². The summed E-state index contributed by atoms with van der Waals surface area (Å²) in [7, 11) is 30.0. The molecule has 692 valence electrons. The van der Waals surface area contributed by atoms with Crippen molar-refractivity contribution in [2.24, 2.45) is 33.4 Å². The molecule has 0 saturated heterocycles. The Labute approximate surface area is 773 Å². The smallest absolute Gasteiger partial charge is 0.307 e. The third kappa shape index (κ3) is 24.7. The molecule has 0 bridgehead atoms. The van der Waals surface area contributed by atoms with Gasteiger partial charge in [0.05, 0.1) is 95.2 Å². The minimum Gasteiger partial charge on any atom is -0.494 e. The average molecular weight is 1830 g/mol. The number of nitro groups is 2. The summed E-state index contributed by atoms with van der Waals surface area (Å²) in [5.41, 5.74) is 26.1. The number of methoxy groups -OCH3 is 4. The molecule has 16 aromatic rings. The fraction of sp³-hybridized carbons (Fsp3) is 0.250. The van der Waals surface area contributed by atoms with Crippen LogP contribution in [0.2, 0.25) is 5.15 Å². The highest BCUT2D eigenvalue weighted by Crippen LogP contribution is 2.43.